The molecule has 2 aromatic carbocycles. The molecule has 0 spiro atoms. The Labute approximate surface area is 454 Å². The zero-order valence-electron chi connectivity index (χ0n) is 45.1. The molecule has 0 unspecified atom stereocenters. The number of aryl methyl sites for hydroxylation is 4. The van der Waals surface area contributed by atoms with Crippen LogP contribution >= 0.6 is 0 Å². The standard InChI is InChI=1S/C55H59N5O20/c1-21-12-16-29(57-21)48(67)77-42-38(63)52(79-54(6,7)44(42)71-10)73-31-18-14-26-36(61)34(50(69)75-40(26)24(31)4)59-46(65)28-20-56-33(23(28)3)47(66)60-35-37(62)27-15-19-32(25(5)41(27)76-51(35)70)74-53-39(64)43(45(72-11)55(8,9)80-53)78-49(68)30-17-13-22(2)58-30/h12-20,38-39,42-45,52-53,56-58,63-64,69-70H,1-11H3,(H,59,65)(H,60,66)/t38-,39-,42+,43+,44-,45-,52-,53-/m1/s1. The number of aromatic amines is 3. The van der Waals surface area contributed by atoms with Crippen molar-refractivity contribution in [3.8, 4) is 23.4 Å². The van der Waals surface area contributed by atoms with Crippen LogP contribution in [-0.4, -0.2) is 134 Å². The van der Waals surface area contributed by atoms with Crippen LogP contribution in [0.5, 0.6) is 23.4 Å². The number of benzene rings is 2. The van der Waals surface area contributed by atoms with Crippen LogP contribution in [-0.2, 0) is 28.4 Å². The number of carbonyl (C=O) groups is 4. The maximum atomic E-state index is 13.9. The van der Waals surface area contributed by atoms with Crippen molar-refractivity contribution >= 4 is 57.1 Å². The van der Waals surface area contributed by atoms with E-state index >= 15 is 0 Å². The van der Waals surface area contributed by atoms with Gasteiger partial charge >= 0.3 is 23.8 Å². The van der Waals surface area contributed by atoms with Gasteiger partial charge in [0.2, 0.25) is 23.4 Å². The lowest BCUT2D eigenvalue weighted by molar-refractivity contribution is -0.305. The molecular formula is C55H59N5O20. The molecule has 0 bridgehead atoms. The second-order valence-electron chi connectivity index (χ2n) is 20.5. The fraction of sp³-hybridized carbons (Fsp3) is 0.382. The molecule has 25 nitrogen and oxygen atoms in total. The maximum Gasteiger partial charge on any atom is 0.355 e. The smallest absolute Gasteiger partial charge is 0.355 e. The molecule has 2 saturated heterocycles. The van der Waals surface area contributed by atoms with E-state index in [0.29, 0.717) is 11.4 Å². The first-order chi connectivity index (χ1) is 37.7. The Morgan fingerprint density at radius 3 is 1.39 bits per heavy atom. The molecule has 2 amide bonds. The lowest BCUT2D eigenvalue weighted by atomic mass is 9.89. The summed E-state index contributed by atoms with van der Waals surface area (Å²) in [5.41, 5.74) is -3.98. The molecule has 9 rings (SSSR count). The fourth-order valence-corrected chi connectivity index (χ4v) is 10.0. The molecule has 2 aliphatic rings. The van der Waals surface area contributed by atoms with E-state index in [9.17, 15) is 49.2 Å². The Kier molecular flexibility index (Phi) is 15.0. The number of aliphatic hydroxyl groups excluding tert-OH is 2. The van der Waals surface area contributed by atoms with E-state index in [4.69, 9.17) is 46.7 Å². The molecule has 80 heavy (non-hydrogen) atoms. The van der Waals surface area contributed by atoms with Gasteiger partial charge in [0.25, 0.3) is 11.8 Å². The number of aromatic nitrogens is 3. The molecule has 7 heterocycles. The number of H-pyrrole nitrogens is 3. The van der Waals surface area contributed by atoms with Gasteiger partial charge in [-0.15, -0.1) is 0 Å². The Morgan fingerprint density at radius 1 is 0.588 bits per heavy atom. The highest BCUT2D eigenvalue weighted by atomic mass is 16.7. The van der Waals surface area contributed by atoms with Crippen LogP contribution in [0.4, 0.5) is 11.4 Å². The number of ether oxygens (including phenoxy) is 8. The average molecular weight is 1110 g/mol. The molecule has 2 fully saturated rings. The summed E-state index contributed by atoms with van der Waals surface area (Å²) in [5.74, 6) is -5.33. The van der Waals surface area contributed by atoms with Crippen LogP contribution in [0.1, 0.15) is 97.6 Å². The fourth-order valence-electron chi connectivity index (χ4n) is 10.0. The number of carbonyl (C=O) groups excluding carboxylic acids is 4. The van der Waals surface area contributed by atoms with Gasteiger partial charge in [-0.05, 0) is 116 Å². The predicted molar refractivity (Wildman–Crippen MR) is 281 cm³/mol. The van der Waals surface area contributed by atoms with E-state index in [2.05, 4.69) is 25.6 Å². The third-order valence-electron chi connectivity index (χ3n) is 14.2. The zero-order chi connectivity index (χ0) is 58.0. The highest BCUT2D eigenvalue weighted by molar-refractivity contribution is 6.11. The minimum absolute atomic E-state index is 0.0247. The van der Waals surface area contributed by atoms with E-state index in [1.54, 1.807) is 53.7 Å². The number of hydrogen-bond donors (Lipinski definition) is 9. The molecule has 25 heteroatoms. The highest BCUT2D eigenvalue weighted by Crippen LogP contribution is 2.40. The van der Waals surface area contributed by atoms with Crippen LogP contribution in [0, 0.1) is 34.6 Å². The SMILES string of the molecule is CO[C@@H]1[C@@H](OC(=O)c2ccc(C)[nH]2)[C@@H](O)[C@H](Oc2ccc3c(=O)c(NC(=O)c4c[nH]c(C(=O)Nc5c(O)oc6c(C)c(O[C@@H]7OC(C)(C)[C@H](OC)[C@@H](OC(=O)c8ccc(C)[nH]8)[C@H]7O)ccc6c5=O)c4C)c(O)oc3c2C)OC1(C)C. The number of aliphatic hydroxyl groups is 2. The lowest BCUT2D eigenvalue weighted by Gasteiger charge is -2.47. The van der Waals surface area contributed by atoms with Gasteiger partial charge < -0.3 is 92.7 Å². The number of aromatic hydroxyl groups is 2. The van der Waals surface area contributed by atoms with E-state index in [1.807, 2.05) is 0 Å². The Bertz CT molecular complexity index is 3480. The molecule has 424 valence electrons. The van der Waals surface area contributed by atoms with Gasteiger partial charge in [0.05, 0.1) is 27.5 Å². The average Bonchev–Trinajstić information content (AvgIpc) is 4.18. The van der Waals surface area contributed by atoms with E-state index in [1.165, 1.54) is 71.4 Å². The van der Waals surface area contributed by atoms with Crippen molar-refractivity contribution < 1.29 is 86.3 Å². The number of anilines is 2. The molecule has 2 aliphatic heterocycles. The number of esters is 2. The first-order valence-electron chi connectivity index (χ1n) is 25.0. The summed E-state index contributed by atoms with van der Waals surface area (Å²) in [6, 6.07) is 11.8. The minimum Gasteiger partial charge on any atom is -0.479 e. The molecule has 9 N–H and O–H groups in total. The molecule has 5 aromatic heterocycles. The van der Waals surface area contributed by atoms with Gasteiger partial charge in [-0.25, -0.2) is 9.59 Å². The number of nitrogens with one attached hydrogen (secondary N) is 5. The highest BCUT2D eigenvalue weighted by Gasteiger charge is 2.55. The first kappa shape index (κ1) is 56.3. The molecule has 8 atom stereocenters. The molecule has 0 saturated carbocycles. The van der Waals surface area contributed by atoms with Gasteiger partial charge in [0.15, 0.2) is 35.8 Å². The quantitative estimate of drug-likeness (QED) is 0.0601. The van der Waals surface area contributed by atoms with E-state index in [-0.39, 0.29) is 72.8 Å². The molecule has 0 radical (unpaired) electrons. The van der Waals surface area contributed by atoms with Gasteiger partial charge in [-0.1, -0.05) is 0 Å². The van der Waals surface area contributed by atoms with Crippen LogP contribution in [0.3, 0.4) is 0 Å². The topological polar surface area (TPSA) is 355 Å². The number of hydrogen-bond acceptors (Lipinski definition) is 20. The van der Waals surface area contributed by atoms with Crippen molar-refractivity contribution in [2.75, 3.05) is 24.9 Å². The van der Waals surface area contributed by atoms with Crippen molar-refractivity contribution in [1.29, 1.82) is 0 Å². The van der Waals surface area contributed by atoms with E-state index < -0.39 is 118 Å². The summed E-state index contributed by atoms with van der Waals surface area (Å²) < 4.78 is 58.5. The summed E-state index contributed by atoms with van der Waals surface area (Å²) in [7, 11) is 2.76. The maximum absolute atomic E-state index is 13.9. The summed E-state index contributed by atoms with van der Waals surface area (Å²) >= 11 is 0. The van der Waals surface area contributed by atoms with Gasteiger partial charge in [0.1, 0.15) is 52.0 Å². The third kappa shape index (κ3) is 10.2. The number of rotatable bonds is 14. The number of amides is 2. The third-order valence-corrected chi connectivity index (χ3v) is 14.2. The van der Waals surface area contributed by atoms with Crippen molar-refractivity contribution in [1.82, 2.24) is 15.0 Å². The molecule has 7 aromatic rings. The molecular weight excluding hydrogens is 1050 g/mol. The summed E-state index contributed by atoms with van der Waals surface area (Å²) in [4.78, 5) is 89.8. The van der Waals surface area contributed by atoms with Crippen molar-refractivity contribution in [3.05, 3.63) is 126 Å². The Hall–Kier alpha value is -8.46. The summed E-state index contributed by atoms with van der Waals surface area (Å²) in [5, 5.41) is 49.5. The monoisotopic (exact) mass is 1110 g/mol. The Morgan fingerprint density at radius 2 is 1.00 bits per heavy atom. The largest absolute Gasteiger partial charge is 0.479 e. The van der Waals surface area contributed by atoms with Gasteiger partial charge in [-0.3, -0.25) is 19.2 Å². The van der Waals surface area contributed by atoms with Crippen LogP contribution in [0.15, 0.2) is 73.2 Å². The predicted octanol–water partition coefficient (Wildman–Crippen LogP) is 5.57. The van der Waals surface area contributed by atoms with Crippen LogP contribution < -0.4 is 31.0 Å². The minimum atomic E-state index is -1.59. The van der Waals surface area contributed by atoms with Gasteiger partial charge in [-0.2, -0.15) is 0 Å². The first-order valence-corrected chi connectivity index (χ1v) is 25.0. The van der Waals surface area contributed by atoms with Crippen molar-refractivity contribution in [2.45, 2.75) is 123 Å². The lowest BCUT2D eigenvalue weighted by Crippen LogP contribution is -2.65. The van der Waals surface area contributed by atoms with Crippen molar-refractivity contribution in [3.63, 3.8) is 0 Å². The van der Waals surface area contributed by atoms with Crippen LogP contribution in [0.2, 0.25) is 0 Å². The van der Waals surface area contributed by atoms with Crippen LogP contribution in [0.25, 0.3) is 21.9 Å². The Balaban J connectivity index is 0.890. The van der Waals surface area contributed by atoms with Crippen molar-refractivity contribution in [2.24, 2.45) is 0 Å². The number of fused-ring (bicyclic) bond motifs is 2. The summed E-state index contributed by atoms with van der Waals surface area (Å²) in [6.45, 7) is 14.6. The second-order valence-corrected chi connectivity index (χ2v) is 20.5. The second kappa shape index (κ2) is 21.3. The molecule has 0 aliphatic carbocycles. The zero-order valence-corrected chi connectivity index (χ0v) is 45.1. The van der Waals surface area contributed by atoms with E-state index in [0.717, 1.165) is 6.20 Å². The normalized spacial score (nSPS) is 22.4. The number of methoxy groups -OCH3 is 2. The van der Waals surface area contributed by atoms with Gasteiger partial charge in [0, 0.05) is 42.9 Å². The summed E-state index contributed by atoms with van der Waals surface area (Å²) in [6.07, 6.45) is -9.34.